The number of carbonyl (C=O) groups excluding carboxylic acids is 5. The second-order valence-corrected chi connectivity index (χ2v) is 6.02. The lowest BCUT2D eigenvalue weighted by molar-refractivity contribution is -0.156. The predicted molar refractivity (Wildman–Crippen MR) is 86.4 cm³/mol. The Morgan fingerprint density at radius 1 is 1.15 bits per heavy atom. The van der Waals surface area contributed by atoms with Gasteiger partial charge in [0.05, 0.1) is 30.7 Å². The Morgan fingerprint density at radius 2 is 1.77 bits per heavy atom. The molecular formula is C17H17N3O6. The van der Waals surface area contributed by atoms with Crippen molar-refractivity contribution in [3.05, 3.63) is 35.4 Å². The van der Waals surface area contributed by atoms with Crippen molar-refractivity contribution in [2.45, 2.75) is 12.8 Å². The summed E-state index contributed by atoms with van der Waals surface area (Å²) >= 11 is 0. The molecule has 4 amide bonds. The van der Waals surface area contributed by atoms with Gasteiger partial charge in [0.25, 0.3) is 11.8 Å². The van der Waals surface area contributed by atoms with E-state index in [9.17, 15) is 24.0 Å². The van der Waals surface area contributed by atoms with Crippen LogP contribution in [-0.2, 0) is 19.1 Å². The maximum atomic E-state index is 12.4. The van der Waals surface area contributed by atoms with Gasteiger partial charge in [0.15, 0.2) is 0 Å². The van der Waals surface area contributed by atoms with Gasteiger partial charge < -0.3 is 4.74 Å². The number of nitrogens with one attached hydrogen (secondary N) is 1. The zero-order chi connectivity index (χ0) is 18.8. The van der Waals surface area contributed by atoms with E-state index in [0.29, 0.717) is 11.1 Å². The number of amides is 4. The van der Waals surface area contributed by atoms with E-state index in [4.69, 9.17) is 0 Å². The Kier molecular flexibility index (Phi) is 4.70. The molecule has 1 fully saturated rings. The number of hydrogen-bond acceptors (Lipinski definition) is 6. The number of ether oxygens (including phenoxy) is 1. The van der Waals surface area contributed by atoms with Crippen LogP contribution in [0.25, 0.3) is 0 Å². The Hall–Kier alpha value is -3.23. The smallest absolute Gasteiger partial charge is 0.311 e. The third-order valence-corrected chi connectivity index (χ3v) is 4.36. The van der Waals surface area contributed by atoms with E-state index in [0.717, 1.165) is 9.91 Å². The van der Waals surface area contributed by atoms with Gasteiger partial charge in [-0.05, 0) is 12.1 Å². The second-order valence-electron chi connectivity index (χ2n) is 6.02. The van der Waals surface area contributed by atoms with Crippen LogP contribution in [-0.4, -0.2) is 59.7 Å². The number of fused-ring (bicyclic) bond motifs is 1. The summed E-state index contributed by atoms with van der Waals surface area (Å²) in [6, 6.07) is 6.44. The average Bonchev–Trinajstić information content (AvgIpc) is 2.89. The normalized spacial score (nSPS) is 19.3. The highest BCUT2D eigenvalue weighted by Crippen LogP contribution is 2.22. The molecule has 0 aromatic heterocycles. The number of hydrazine groups is 1. The van der Waals surface area contributed by atoms with Gasteiger partial charge in [-0.25, -0.2) is 0 Å². The van der Waals surface area contributed by atoms with E-state index in [1.54, 1.807) is 24.3 Å². The first-order valence-corrected chi connectivity index (χ1v) is 8.05. The molecule has 0 radical (unpaired) electrons. The lowest BCUT2D eigenvalue weighted by Gasteiger charge is -2.31. The van der Waals surface area contributed by atoms with Gasteiger partial charge in [-0.3, -0.25) is 39.3 Å². The molecule has 9 heteroatoms. The standard InChI is InChI=1S/C17H17N3O6/c1-26-17(25)10-8-13(21)18-20(9-10)14(22)6-7-19-15(23)11-4-2-3-5-12(11)16(19)24/h2-5,10H,6-9H2,1H3,(H,18,21). The van der Waals surface area contributed by atoms with Crippen molar-refractivity contribution in [3.63, 3.8) is 0 Å². The number of rotatable bonds is 4. The third kappa shape index (κ3) is 3.15. The summed E-state index contributed by atoms with van der Waals surface area (Å²) in [5, 5.41) is 1.03. The molecule has 26 heavy (non-hydrogen) atoms. The SMILES string of the molecule is COC(=O)C1CC(=O)NN(C(=O)CCN2C(=O)c3ccccc3C2=O)C1. The minimum Gasteiger partial charge on any atom is -0.469 e. The van der Waals surface area contributed by atoms with E-state index in [1.165, 1.54) is 7.11 Å². The van der Waals surface area contributed by atoms with Crippen LogP contribution >= 0.6 is 0 Å². The molecule has 3 rings (SSSR count). The molecule has 1 atom stereocenters. The summed E-state index contributed by atoms with van der Waals surface area (Å²) in [6.45, 7) is -0.125. The highest BCUT2D eigenvalue weighted by atomic mass is 16.5. The summed E-state index contributed by atoms with van der Waals surface area (Å²) in [7, 11) is 1.21. The molecule has 0 bridgehead atoms. The highest BCUT2D eigenvalue weighted by Gasteiger charge is 2.37. The molecule has 2 heterocycles. The minimum atomic E-state index is -0.739. The first-order chi connectivity index (χ1) is 12.4. The monoisotopic (exact) mass is 359 g/mol. The molecular weight excluding hydrogens is 342 g/mol. The molecule has 1 aromatic carbocycles. The van der Waals surface area contributed by atoms with Crippen LogP contribution in [0, 0.1) is 5.92 Å². The molecule has 1 aromatic rings. The number of esters is 1. The van der Waals surface area contributed by atoms with Crippen LogP contribution in [0.2, 0.25) is 0 Å². The fourth-order valence-electron chi connectivity index (χ4n) is 3.02. The van der Waals surface area contributed by atoms with Crippen LogP contribution < -0.4 is 5.43 Å². The summed E-state index contributed by atoms with van der Waals surface area (Å²) in [5.74, 6) is -3.18. The number of carbonyl (C=O) groups is 5. The molecule has 0 spiro atoms. The van der Waals surface area contributed by atoms with E-state index >= 15 is 0 Å². The van der Waals surface area contributed by atoms with Crippen LogP contribution in [0.3, 0.4) is 0 Å². The van der Waals surface area contributed by atoms with Crippen LogP contribution in [0.4, 0.5) is 0 Å². The highest BCUT2D eigenvalue weighted by molar-refractivity contribution is 6.21. The lowest BCUT2D eigenvalue weighted by Crippen LogP contribution is -2.55. The Balaban J connectivity index is 1.62. The summed E-state index contributed by atoms with van der Waals surface area (Å²) in [6.07, 6.45) is -0.228. The van der Waals surface area contributed by atoms with E-state index < -0.39 is 35.5 Å². The summed E-state index contributed by atoms with van der Waals surface area (Å²) < 4.78 is 4.62. The number of nitrogens with zero attached hydrogens (tertiary/aromatic N) is 2. The number of hydrogen-bond donors (Lipinski definition) is 1. The Labute approximate surface area is 148 Å². The molecule has 2 aliphatic heterocycles. The van der Waals surface area contributed by atoms with Crippen molar-refractivity contribution in [3.8, 4) is 0 Å². The molecule has 136 valence electrons. The van der Waals surface area contributed by atoms with Gasteiger partial charge in [0.1, 0.15) is 0 Å². The van der Waals surface area contributed by atoms with Gasteiger partial charge in [0.2, 0.25) is 11.8 Å². The van der Waals surface area contributed by atoms with Crippen molar-refractivity contribution >= 4 is 29.6 Å². The van der Waals surface area contributed by atoms with Crippen molar-refractivity contribution in [2.75, 3.05) is 20.2 Å². The van der Waals surface area contributed by atoms with Gasteiger partial charge in [-0.15, -0.1) is 0 Å². The molecule has 1 unspecified atom stereocenters. The van der Waals surface area contributed by atoms with E-state index in [1.807, 2.05) is 0 Å². The van der Waals surface area contributed by atoms with Crippen molar-refractivity contribution in [2.24, 2.45) is 5.92 Å². The summed E-state index contributed by atoms with van der Waals surface area (Å²) in [5.41, 5.74) is 3.00. The van der Waals surface area contributed by atoms with Crippen molar-refractivity contribution < 1.29 is 28.7 Å². The molecule has 1 saturated heterocycles. The van der Waals surface area contributed by atoms with E-state index in [2.05, 4.69) is 10.2 Å². The first-order valence-electron chi connectivity index (χ1n) is 8.05. The van der Waals surface area contributed by atoms with Gasteiger partial charge >= 0.3 is 5.97 Å². The quantitative estimate of drug-likeness (QED) is 0.585. The number of methoxy groups -OCH3 is 1. The minimum absolute atomic E-state index is 0.0145. The number of benzene rings is 1. The van der Waals surface area contributed by atoms with Crippen LogP contribution in [0.15, 0.2) is 24.3 Å². The molecule has 0 saturated carbocycles. The van der Waals surface area contributed by atoms with Crippen LogP contribution in [0.1, 0.15) is 33.6 Å². The fraction of sp³-hybridized carbons (Fsp3) is 0.353. The Morgan fingerprint density at radius 3 is 2.35 bits per heavy atom. The molecule has 2 aliphatic rings. The predicted octanol–water partition coefficient (Wildman–Crippen LogP) is -0.275. The average molecular weight is 359 g/mol. The fourth-order valence-corrected chi connectivity index (χ4v) is 3.02. The largest absolute Gasteiger partial charge is 0.469 e. The zero-order valence-corrected chi connectivity index (χ0v) is 14.1. The summed E-state index contributed by atoms with van der Waals surface area (Å²) in [4.78, 5) is 61.2. The van der Waals surface area contributed by atoms with Gasteiger partial charge in [-0.2, -0.15) is 0 Å². The van der Waals surface area contributed by atoms with Crippen molar-refractivity contribution in [1.82, 2.24) is 15.3 Å². The van der Waals surface area contributed by atoms with Crippen molar-refractivity contribution in [1.29, 1.82) is 0 Å². The van der Waals surface area contributed by atoms with E-state index in [-0.39, 0.29) is 25.9 Å². The second kappa shape index (κ2) is 6.95. The van der Waals surface area contributed by atoms with Crippen LogP contribution in [0.5, 0.6) is 0 Å². The zero-order valence-electron chi connectivity index (χ0n) is 14.1. The molecule has 0 aliphatic carbocycles. The first kappa shape index (κ1) is 17.6. The topological polar surface area (TPSA) is 113 Å². The third-order valence-electron chi connectivity index (χ3n) is 4.36. The van der Waals surface area contributed by atoms with Gasteiger partial charge in [0, 0.05) is 19.4 Å². The van der Waals surface area contributed by atoms with Gasteiger partial charge in [-0.1, -0.05) is 12.1 Å². The maximum Gasteiger partial charge on any atom is 0.311 e. The molecule has 1 N–H and O–H groups in total. The Bertz CT molecular complexity index is 770. The number of imide groups is 1. The maximum absolute atomic E-state index is 12.4. The lowest BCUT2D eigenvalue weighted by atomic mass is 10.0. The molecule has 9 nitrogen and oxygen atoms in total.